The van der Waals surface area contributed by atoms with E-state index in [1.165, 1.54) is 12.1 Å². The summed E-state index contributed by atoms with van der Waals surface area (Å²) in [4.78, 5) is 15.5. The smallest absolute Gasteiger partial charge is 0.225 e. The molecule has 0 saturated heterocycles. The first-order valence-electron chi connectivity index (χ1n) is 9.47. The summed E-state index contributed by atoms with van der Waals surface area (Å²) in [6, 6.07) is 13.6. The number of nitrogens with zero attached hydrogens (tertiary/aromatic N) is 1. The second kappa shape index (κ2) is 11.2. The number of thioether (sulfide) groups is 1. The van der Waals surface area contributed by atoms with E-state index in [2.05, 4.69) is 24.1 Å². The minimum absolute atomic E-state index is 0.0495. The summed E-state index contributed by atoms with van der Waals surface area (Å²) in [6.07, 6.45) is 1.59. The van der Waals surface area contributed by atoms with Crippen LogP contribution in [0, 0.1) is 11.7 Å². The van der Waals surface area contributed by atoms with Gasteiger partial charge in [0.2, 0.25) is 5.91 Å². The molecule has 1 atom stereocenters. The number of amides is 1. The highest BCUT2D eigenvalue weighted by atomic mass is 32.2. The fraction of sp³-hybridized carbons (Fsp3) is 0.409. The average molecular weight is 405 g/mol. The molecule has 0 aliphatic rings. The Kier molecular flexibility index (Phi) is 8.96. The third kappa shape index (κ3) is 7.26. The zero-order valence-electron chi connectivity index (χ0n) is 16.7. The van der Waals surface area contributed by atoms with Crippen molar-refractivity contribution in [3.63, 3.8) is 0 Å². The summed E-state index contributed by atoms with van der Waals surface area (Å²) in [6.45, 7) is 5.92. The van der Waals surface area contributed by atoms with Gasteiger partial charge in [-0.2, -0.15) is 0 Å². The topological polar surface area (TPSA) is 52.6 Å². The number of para-hydroxylation sites is 1. The van der Waals surface area contributed by atoms with E-state index in [1.807, 2.05) is 30.5 Å². The van der Waals surface area contributed by atoms with Crippen LogP contribution >= 0.6 is 11.8 Å². The predicted octanol–water partition coefficient (Wildman–Crippen LogP) is 4.57. The molecule has 6 heteroatoms. The van der Waals surface area contributed by atoms with Crippen molar-refractivity contribution in [2.45, 2.75) is 31.3 Å². The first-order valence-corrected chi connectivity index (χ1v) is 10.7. The Morgan fingerprint density at radius 1 is 1.14 bits per heavy atom. The van der Waals surface area contributed by atoms with Gasteiger partial charge in [0.05, 0.1) is 11.8 Å². The van der Waals surface area contributed by atoms with Gasteiger partial charge in [0.15, 0.2) is 0 Å². The van der Waals surface area contributed by atoms with Crippen LogP contribution < -0.4 is 5.32 Å². The van der Waals surface area contributed by atoms with Crippen molar-refractivity contribution in [3.05, 3.63) is 59.9 Å². The summed E-state index contributed by atoms with van der Waals surface area (Å²) >= 11 is 1.59. The molecule has 0 radical (unpaired) electrons. The van der Waals surface area contributed by atoms with Gasteiger partial charge < -0.3 is 10.4 Å². The summed E-state index contributed by atoms with van der Waals surface area (Å²) < 4.78 is 13.1. The molecule has 0 fully saturated rings. The van der Waals surface area contributed by atoms with E-state index in [1.54, 1.807) is 23.9 Å². The van der Waals surface area contributed by atoms with Crippen LogP contribution in [0.5, 0.6) is 0 Å². The molecule has 1 unspecified atom stereocenters. The molecule has 0 bridgehead atoms. The third-order valence-corrected chi connectivity index (χ3v) is 5.14. The van der Waals surface area contributed by atoms with Crippen LogP contribution in [0.15, 0.2) is 53.4 Å². The van der Waals surface area contributed by atoms with Gasteiger partial charge in [-0.25, -0.2) is 4.39 Å². The molecule has 152 valence electrons. The van der Waals surface area contributed by atoms with Crippen molar-refractivity contribution in [3.8, 4) is 0 Å². The van der Waals surface area contributed by atoms with Gasteiger partial charge in [0.1, 0.15) is 5.82 Å². The zero-order valence-corrected chi connectivity index (χ0v) is 17.5. The van der Waals surface area contributed by atoms with Gasteiger partial charge in [-0.15, -0.1) is 11.8 Å². The van der Waals surface area contributed by atoms with Crippen molar-refractivity contribution >= 4 is 23.4 Å². The predicted molar refractivity (Wildman–Crippen MR) is 114 cm³/mol. The SMILES string of the molecule is CSc1ccccc1NC(=O)CCN(CC(C)C)CC(O)c1ccc(F)cc1. The van der Waals surface area contributed by atoms with Gasteiger partial charge >= 0.3 is 0 Å². The van der Waals surface area contributed by atoms with Gasteiger partial charge in [-0.1, -0.05) is 38.1 Å². The van der Waals surface area contributed by atoms with Crippen molar-refractivity contribution in [1.82, 2.24) is 4.90 Å². The lowest BCUT2D eigenvalue weighted by Gasteiger charge is -2.26. The molecule has 2 N–H and O–H groups in total. The van der Waals surface area contributed by atoms with E-state index < -0.39 is 6.10 Å². The molecule has 0 aromatic heterocycles. The number of benzene rings is 2. The Balaban J connectivity index is 1.93. The Labute approximate surface area is 171 Å². The molecule has 28 heavy (non-hydrogen) atoms. The summed E-state index contributed by atoms with van der Waals surface area (Å²) in [7, 11) is 0. The normalized spacial score (nSPS) is 12.4. The molecule has 1 amide bonds. The monoisotopic (exact) mass is 404 g/mol. The summed E-state index contributed by atoms with van der Waals surface area (Å²) in [5, 5.41) is 13.5. The largest absolute Gasteiger partial charge is 0.387 e. The van der Waals surface area contributed by atoms with Gasteiger partial charge in [0.25, 0.3) is 0 Å². The minimum atomic E-state index is -0.723. The number of hydrogen-bond donors (Lipinski definition) is 2. The highest BCUT2D eigenvalue weighted by Gasteiger charge is 2.16. The average Bonchev–Trinajstić information content (AvgIpc) is 2.66. The summed E-state index contributed by atoms with van der Waals surface area (Å²) in [5.41, 5.74) is 1.50. The lowest BCUT2D eigenvalue weighted by atomic mass is 10.1. The zero-order chi connectivity index (χ0) is 20.5. The second-order valence-corrected chi connectivity index (χ2v) is 8.07. The van der Waals surface area contributed by atoms with Crippen LogP contribution in [-0.4, -0.2) is 41.8 Å². The molecule has 2 aromatic carbocycles. The maximum Gasteiger partial charge on any atom is 0.225 e. The van der Waals surface area contributed by atoms with Gasteiger partial charge in [-0.05, 0) is 42.0 Å². The van der Waals surface area contributed by atoms with Crippen LogP contribution in [0.3, 0.4) is 0 Å². The molecular formula is C22H29FN2O2S. The van der Waals surface area contributed by atoms with Crippen molar-refractivity contribution in [1.29, 1.82) is 0 Å². The Bertz CT molecular complexity index is 752. The van der Waals surface area contributed by atoms with Gasteiger partial charge in [-0.3, -0.25) is 9.69 Å². The quantitative estimate of drug-likeness (QED) is 0.570. The molecule has 2 aromatic rings. The van der Waals surface area contributed by atoms with E-state index in [-0.39, 0.29) is 11.7 Å². The first kappa shape index (κ1) is 22.4. The van der Waals surface area contributed by atoms with E-state index >= 15 is 0 Å². The lowest BCUT2D eigenvalue weighted by molar-refractivity contribution is -0.116. The number of nitrogens with one attached hydrogen (secondary N) is 1. The van der Waals surface area contributed by atoms with Crippen molar-refractivity contribution in [2.24, 2.45) is 5.92 Å². The van der Waals surface area contributed by atoms with Crippen LogP contribution in [-0.2, 0) is 4.79 Å². The second-order valence-electron chi connectivity index (χ2n) is 7.22. The van der Waals surface area contributed by atoms with E-state index in [4.69, 9.17) is 0 Å². The molecule has 4 nitrogen and oxygen atoms in total. The van der Waals surface area contributed by atoms with Crippen LogP contribution in [0.4, 0.5) is 10.1 Å². The van der Waals surface area contributed by atoms with E-state index in [9.17, 15) is 14.3 Å². The maximum atomic E-state index is 13.1. The fourth-order valence-electron chi connectivity index (χ4n) is 3.03. The highest BCUT2D eigenvalue weighted by molar-refractivity contribution is 7.98. The standard InChI is InChI=1S/C22H29FN2O2S/c1-16(2)14-25(15-20(26)17-8-10-18(23)11-9-17)13-12-22(27)24-19-6-4-5-7-21(19)28-3/h4-11,16,20,26H,12-15H2,1-3H3,(H,24,27). The van der Waals surface area contributed by atoms with Crippen LogP contribution in [0.25, 0.3) is 0 Å². The maximum absolute atomic E-state index is 13.1. The minimum Gasteiger partial charge on any atom is -0.387 e. The molecule has 0 saturated carbocycles. The number of aliphatic hydroxyl groups is 1. The molecule has 0 aliphatic carbocycles. The van der Waals surface area contributed by atoms with Crippen LogP contribution in [0.2, 0.25) is 0 Å². The van der Waals surface area contributed by atoms with E-state index in [0.29, 0.717) is 31.0 Å². The number of hydrogen-bond acceptors (Lipinski definition) is 4. The summed E-state index contributed by atoms with van der Waals surface area (Å²) in [5.74, 6) is 0.0319. The fourth-order valence-corrected chi connectivity index (χ4v) is 3.58. The molecule has 2 rings (SSSR count). The van der Waals surface area contributed by atoms with Crippen molar-refractivity contribution in [2.75, 3.05) is 31.2 Å². The number of anilines is 1. The number of aliphatic hydroxyl groups excluding tert-OH is 1. The highest BCUT2D eigenvalue weighted by Crippen LogP contribution is 2.24. The molecular weight excluding hydrogens is 375 g/mol. The Hall–Kier alpha value is -1.89. The molecule has 0 heterocycles. The number of rotatable bonds is 10. The Morgan fingerprint density at radius 2 is 1.82 bits per heavy atom. The number of carbonyl (C=O) groups excluding carboxylic acids is 1. The Morgan fingerprint density at radius 3 is 2.46 bits per heavy atom. The molecule has 0 spiro atoms. The molecule has 0 aliphatic heterocycles. The number of halogens is 1. The van der Waals surface area contributed by atoms with Crippen molar-refractivity contribution < 1.29 is 14.3 Å². The number of carbonyl (C=O) groups is 1. The first-order chi connectivity index (χ1) is 13.4. The van der Waals surface area contributed by atoms with Gasteiger partial charge in [0, 0.05) is 31.0 Å². The lowest BCUT2D eigenvalue weighted by Crippen LogP contribution is -2.34. The van der Waals surface area contributed by atoms with Crippen LogP contribution in [0.1, 0.15) is 31.9 Å². The van der Waals surface area contributed by atoms with E-state index in [0.717, 1.165) is 17.1 Å². The third-order valence-electron chi connectivity index (χ3n) is 4.35.